The summed E-state index contributed by atoms with van der Waals surface area (Å²) in [7, 11) is -2.77. The second-order valence-electron chi connectivity index (χ2n) is 7.23. The molecule has 0 bridgehead atoms. The van der Waals surface area contributed by atoms with Gasteiger partial charge in [-0.3, -0.25) is 9.10 Å². The predicted octanol–water partition coefficient (Wildman–Crippen LogP) is 3.48. The van der Waals surface area contributed by atoms with Gasteiger partial charge in [-0.15, -0.1) is 11.3 Å². The highest BCUT2D eigenvalue weighted by Crippen LogP contribution is 2.38. The van der Waals surface area contributed by atoms with Crippen LogP contribution in [0.15, 0.2) is 18.2 Å². The van der Waals surface area contributed by atoms with Crippen molar-refractivity contribution in [2.75, 3.05) is 23.0 Å². The average molecular weight is 473 g/mol. The van der Waals surface area contributed by atoms with Crippen LogP contribution in [0.1, 0.15) is 40.6 Å². The Balaban J connectivity index is 1.95. The van der Waals surface area contributed by atoms with Crippen LogP contribution >= 0.6 is 11.3 Å². The maximum absolute atomic E-state index is 13.7. The zero-order valence-electron chi connectivity index (χ0n) is 17.2. The van der Waals surface area contributed by atoms with Crippen LogP contribution in [0.5, 0.6) is 0 Å². The summed E-state index contributed by atoms with van der Waals surface area (Å²) in [6.07, 6.45) is 4.21. The number of thiophene rings is 1. The lowest BCUT2D eigenvalue weighted by Gasteiger charge is -2.28. The number of ether oxygens (including phenoxy) is 1. The van der Waals surface area contributed by atoms with Crippen molar-refractivity contribution in [2.45, 2.75) is 38.6 Å². The van der Waals surface area contributed by atoms with Gasteiger partial charge in [0.1, 0.15) is 11.0 Å². The molecule has 7 nitrogen and oxygen atoms in total. The number of hydrogen-bond acceptors (Lipinski definition) is 6. The number of nitrogens with zero attached hydrogens (tertiary/aromatic N) is 1. The van der Waals surface area contributed by atoms with Crippen LogP contribution in [-0.2, 0) is 32.4 Å². The van der Waals surface area contributed by atoms with Crippen LogP contribution in [0, 0.1) is 11.6 Å². The number of esters is 1. The molecule has 1 heterocycles. The van der Waals surface area contributed by atoms with Crippen molar-refractivity contribution in [3.63, 3.8) is 0 Å². The van der Waals surface area contributed by atoms with E-state index >= 15 is 0 Å². The van der Waals surface area contributed by atoms with E-state index in [-0.39, 0.29) is 16.3 Å². The molecule has 1 unspecified atom stereocenters. The second kappa shape index (κ2) is 8.91. The zero-order chi connectivity index (χ0) is 22.9. The molecular formula is C20H22F2N2O5S2. The third-order valence-electron chi connectivity index (χ3n) is 5.04. The Labute approximate surface area is 183 Å². The molecule has 31 heavy (non-hydrogen) atoms. The summed E-state index contributed by atoms with van der Waals surface area (Å²) in [6, 6.07) is 1.27. The predicted molar refractivity (Wildman–Crippen MR) is 114 cm³/mol. The lowest BCUT2D eigenvalue weighted by atomic mass is 9.95. The van der Waals surface area contributed by atoms with Crippen molar-refractivity contribution in [3.8, 4) is 0 Å². The Morgan fingerprint density at radius 3 is 2.48 bits per heavy atom. The van der Waals surface area contributed by atoms with E-state index in [0.717, 1.165) is 48.1 Å². The number of aryl methyl sites for hydroxylation is 1. The number of benzene rings is 1. The summed E-state index contributed by atoms with van der Waals surface area (Å²) in [4.78, 5) is 26.3. The fraction of sp³-hybridized carbons (Fsp3) is 0.400. The zero-order valence-corrected chi connectivity index (χ0v) is 18.8. The molecule has 1 atom stereocenters. The molecule has 0 radical (unpaired) electrons. The number of carbonyl (C=O) groups excluding carboxylic acids is 2. The molecule has 11 heteroatoms. The van der Waals surface area contributed by atoms with Crippen LogP contribution < -0.4 is 9.62 Å². The van der Waals surface area contributed by atoms with Gasteiger partial charge in [-0.25, -0.2) is 22.0 Å². The number of carbonyl (C=O) groups is 2. The summed E-state index contributed by atoms with van der Waals surface area (Å²) in [5.41, 5.74) is 0.927. The van der Waals surface area contributed by atoms with Gasteiger partial charge in [0, 0.05) is 10.9 Å². The Kier molecular flexibility index (Phi) is 6.65. The maximum atomic E-state index is 13.7. The van der Waals surface area contributed by atoms with Crippen molar-refractivity contribution >= 4 is 43.9 Å². The van der Waals surface area contributed by atoms with E-state index in [9.17, 15) is 26.8 Å². The van der Waals surface area contributed by atoms with Crippen LogP contribution in [0.4, 0.5) is 19.5 Å². The summed E-state index contributed by atoms with van der Waals surface area (Å²) < 4.78 is 57.3. The molecule has 3 rings (SSSR count). The van der Waals surface area contributed by atoms with E-state index < -0.39 is 39.6 Å². The number of halogens is 2. The largest absolute Gasteiger partial charge is 0.465 e. The van der Waals surface area contributed by atoms with Gasteiger partial charge in [-0.2, -0.15) is 0 Å². The molecule has 1 aromatic carbocycles. The summed E-state index contributed by atoms with van der Waals surface area (Å²) in [5, 5.41) is 2.92. The van der Waals surface area contributed by atoms with Gasteiger partial charge < -0.3 is 10.1 Å². The number of rotatable bonds is 6. The Morgan fingerprint density at radius 2 is 1.87 bits per heavy atom. The minimum absolute atomic E-state index is 0.192. The van der Waals surface area contributed by atoms with Crippen LogP contribution in [-0.4, -0.2) is 39.7 Å². The molecule has 0 saturated heterocycles. The quantitative estimate of drug-likeness (QED) is 0.650. The normalized spacial score (nSPS) is 14.5. The van der Waals surface area contributed by atoms with E-state index in [1.807, 2.05) is 0 Å². The van der Waals surface area contributed by atoms with Gasteiger partial charge in [0.05, 0.1) is 24.6 Å². The van der Waals surface area contributed by atoms with Gasteiger partial charge in [0.2, 0.25) is 15.9 Å². The first-order valence-corrected chi connectivity index (χ1v) is 12.2. The number of fused-ring (bicyclic) bond motifs is 1. The van der Waals surface area contributed by atoms with Gasteiger partial charge in [-0.05, 0) is 50.3 Å². The number of nitrogens with one attached hydrogen (secondary N) is 1. The minimum Gasteiger partial charge on any atom is -0.465 e. The number of methoxy groups -OCH3 is 1. The van der Waals surface area contributed by atoms with Crippen LogP contribution in [0.3, 0.4) is 0 Å². The first-order valence-electron chi connectivity index (χ1n) is 9.52. The first-order chi connectivity index (χ1) is 14.5. The lowest BCUT2D eigenvalue weighted by molar-refractivity contribution is -0.116. The standard InChI is InChI=1S/C20H22F2N2O5S2/c1-11(24(31(3,27)28)12-8-9-14(21)15(22)10-12)18(25)23-19-17(20(26)29-2)13-6-4-5-7-16(13)30-19/h8-11H,4-7H2,1-3H3,(H,23,25). The highest BCUT2D eigenvalue weighted by molar-refractivity contribution is 7.92. The van der Waals surface area contributed by atoms with Gasteiger partial charge in [-0.1, -0.05) is 0 Å². The molecular weight excluding hydrogens is 450 g/mol. The number of anilines is 2. The molecule has 0 aliphatic heterocycles. The topological polar surface area (TPSA) is 92.8 Å². The fourth-order valence-corrected chi connectivity index (χ4v) is 6.07. The second-order valence-corrected chi connectivity index (χ2v) is 10.2. The molecule has 1 amide bonds. The SMILES string of the molecule is COC(=O)c1c(NC(=O)C(C)N(c2ccc(F)c(F)c2)S(C)(=O)=O)sc2c1CCCC2. The molecule has 1 aliphatic carbocycles. The minimum atomic E-state index is -4.02. The molecule has 1 aliphatic rings. The molecule has 2 aromatic rings. The van der Waals surface area contributed by atoms with Crippen LogP contribution in [0.2, 0.25) is 0 Å². The number of amides is 1. The Morgan fingerprint density at radius 1 is 1.19 bits per heavy atom. The highest BCUT2D eigenvalue weighted by atomic mass is 32.2. The van der Waals surface area contributed by atoms with E-state index in [2.05, 4.69) is 5.32 Å². The molecule has 0 spiro atoms. The fourth-order valence-electron chi connectivity index (χ4n) is 3.62. The van der Waals surface area contributed by atoms with Gasteiger partial charge in [0.25, 0.3) is 0 Å². The van der Waals surface area contributed by atoms with Crippen molar-refractivity contribution in [2.24, 2.45) is 0 Å². The first kappa shape index (κ1) is 23.1. The monoisotopic (exact) mass is 472 g/mol. The smallest absolute Gasteiger partial charge is 0.341 e. The van der Waals surface area contributed by atoms with Crippen molar-refractivity contribution in [1.29, 1.82) is 0 Å². The van der Waals surface area contributed by atoms with Crippen molar-refractivity contribution in [3.05, 3.63) is 45.8 Å². The van der Waals surface area contributed by atoms with E-state index in [4.69, 9.17) is 4.74 Å². The summed E-state index contributed by atoms with van der Waals surface area (Å²) in [5.74, 6) is -3.68. The maximum Gasteiger partial charge on any atom is 0.341 e. The molecule has 168 valence electrons. The average Bonchev–Trinajstić information content (AvgIpc) is 3.06. The van der Waals surface area contributed by atoms with E-state index in [1.54, 1.807) is 0 Å². The van der Waals surface area contributed by atoms with Gasteiger partial charge >= 0.3 is 5.97 Å². The van der Waals surface area contributed by atoms with Crippen LogP contribution in [0.25, 0.3) is 0 Å². The third-order valence-corrected chi connectivity index (χ3v) is 7.49. The number of sulfonamides is 1. The summed E-state index contributed by atoms with van der Waals surface area (Å²) >= 11 is 1.26. The Bertz CT molecular complexity index is 1130. The van der Waals surface area contributed by atoms with Gasteiger partial charge in [0.15, 0.2) is 11.6 Å². The van der Waals surface area contributed by atoms with E-state index in [0.29, 0.717) is 16.8 Å². The highest BCUT2D eigenvalue weighted by Gasteiger charge is 2.32. The molecule has 0 saturated carbocycles. The van der Waals surface area contributed by atoms with Crippen molar-refractivity contribution < 1.29 is 31.5 Å². The molecule has 1 N–H and O–H groups in total. The lowest BCUT2D eigenvalue weighted by Crippen LogP contribution is -2.45. The number of hydrogen-bond donors (Lipinski definition) is 1. The molecule has 0 fully saturated rings. The summed E-state index contributed by atoms with van der Waals surface area (Å²) in [6.45, 7) is 1.32. The van der Waals surface area contributed by atoms with Crippen molar-refractivity contribution in [1.82, 2.24) is 0 Å². The molecule has 1 aromatic heterocycles. The third kappa shape index (κ3) is 4.72. The van der Waals surface area contributed by atoms with E-state index in [1.165, 1.54) is 25.4 Å². The Hall–Kier alpha value is -2.53.